The monoisotopic (exact) mass is 298 g/mol. The molecule has 1 unspecified atom stereocenters. The van der Waals surface area contributed by atoms with Gasteiger partial charge in [0.15, 0.2) is 0 Å². The molecule has 0 aromatic carbocycles. The third-order valence-electron chi connectivity index (χ3n) is 4.40. The van der Waals surface area contributed by atoms with Crippen LogP contribution in [0, 0.1) is 0 Å². The number of amides is 1. The van der Waals surface area contributed by atoms with Crippen molar-refractivity contribution >= 4 is 5.91 Å². The van der Waals surface area contributed by atoms with Gasteiger partial charge in [0, 0.05) is 19.7 Å². The summed E-state index contributed by atoms with van der Waals surface area (Å²) in [4.78, 5) is 13.8. The van der Waals surface area contributed by atoms with Crippen molar-refractivity contribution in [3.05, 3.63) is 0 Å². The molecule has 0 spiro atoms. The van der Waals surface area contributed by atoms with Crippen LogP contribution >= 0.6 is 0 Å². The Hall–Kier alpha value is -0.650. The predicted molar refractivity (Wildman–Crippen MR) is 82.1 cm³/mol. The van der Waals surface area contributed by atoms with Gasteiger partial charge in [0.2, 0.25) is 5.91 Å². The number of nitrogens with zero attached hydrogens (tertiary/aromatic N) is 1. The fourth-order valence-electron chi connectivity index (χ4n) is 3.22. The Morgan fingerprint density at radius 3 is 2.76 bits per heavy atom. The fourth-order valence-corrected chi connectivity index (χ4v) is 3.22. The SMILES string of the molecule is O=C(CN1CCCC(O)C1)NCCCOC1CCCCC1. The number of ether oxygens (including phenoxy) is 1. The molecule has 1 atom stereocenters. The average Bonchev–Trinajstić information content (AvgIpc) is 2.48. The molecule has 5 nitrogen and oxygen atoms in total. The normalized spacial score (nSPS) is 24.9. The van der Waals surface area contributed by atoms with E-state index in [1.807, 2.05) is 4.90 Å². The first-order valence-electron chi connectivity index (χ1n) is 8.53. The van der Waals surface area contributed by atoms with Crippen LogP contribution in [0.15, 0.2) is 0 Å². The Morgan fingerprint density at radius 2 is 2.00 bits per heavy atom. The largest absolute Gasteiger partial charge is 0.392 e. The number of carbonyl (C=O) groups is 1. The summed E-state index contributed by atoms with van der Waals surface area (Å²) in [5.74, 6) is 0.0572. The van der Waals surface area contributed by atoms with Gasteiger partial charge < -0.3 is 15.2 Å². The van der Waals surface area contributed by atoms with Gasteiger partial charge in [-0.3, -0.25) is 9.69 Å². The highest BCUT2D eigenvalue weighted by Gasteiger charge is 2.19. The molecule has 1 saturated carbocycles. The lowest BCUT2D eigenvalue weighted by Gasteiger charge is -2.29. The van der Waals surface area contributed by atoms with Crippen molar-refractivity contribution in [2.75, 3.05) is 32.8 Å². The van der Waals surface area contributed by atoms with Crippen molar-refractivity contribution in [1.82, 2.24) is 10.2 Å². The molecular formula is C16H30N2O3. The van der Waals surface area contributed by atoms with Crippen LogP contribution in [0.3, 0.4) is 0 Å². The van der Waals surface area contributed by atoms with Crippen LogP contribution in [0.2, 0.25) is 0 Å². The molecule has 1 amide bonds. The van der Waals surface area contributed by atoms with Gasteiger partial charge in [-0.25, -0.2) is 0 Å². The molecule has 1 aliphatic heterocycles. The van der Waals surface area contributed by atoms with Crippen LogP contribution in [0.5, 0.6) is 0 Å². The molecule has 2 rings (SSSR count). The quantitative estimate of drug-likeness (QED) is 0.696. The van der Waals surface area contributed by atoms with Gasteiger partial charge in [0.1, 0.15) is 0 Å². The zero-order valence-electron chi connectivity index (χ0n) is 13.1. The molecule has 0 aromatic rings. The zero-order chi connectivity index (χ0) is 14.9. The highest BCUT2D eigenvalue weighted by molar-refractivity contribution is 5.77. The van der Waals surface area contributed by atoms with Crippen molar-refractivity contribution in [2.45, 2.75) is 63.6 Å². The topological polar surface area (TPSA) is 61.8 Å². The number of rotatable bonds is 7. The summed E-state index contributed by atoms with van der Waals surface area (Å²) in [5.41, 5.74) is 0. The number of aliphatic hydroxyl groups is 1. The van der Waals surface area contributed by atoms with Crippen LogP contribution in [-0.4, -0.2) is 60.9 Å². The Kier molecular flexibility index (Phi) is 7.47. The average molecular weight is 298 g/mol. The van der Waals surface area contributed by atoms with E-state index in [-0.39, 0.29) is 12.0 Å². The van der Waals surface area contributed by atoms with E-state index in [9.17, 15) is 9.90 Å². The van der Waals surface area contributed by atoms with Gasteiger partial charge in [-0.05, 0) is 38.6 Å². The maximum absolute atomic E-state index is 11.8. The Morgan fingerprint density at radius 1 is 1.19 bits per heavy atom. The molecule has 2 N–H and O–H groups in total. The summed E-state index contributed by atoms with van der Waals surface area (Å²) in [6, 6.07) is 0. The van der Waals surface area contributed by atoms with Gasteiger partial charge in [0.25, 0.3) is 0 Å². The molecule has 5 heteroatoms. The highest BCUT2D eigenvalue weighted by Crippen LogP contribution is 2.20. The van der Waals surface area contributed by atoms with Gasteiger partial charge in [0.05, 0.1) is 18.8 Å². The van der Waals surface area contributed by atoms with E-state index in [1.54, 1.807) is 0 Å². The second kappa shape index (κ2) is 9.38. The Labute approximate surface area is 128 Å². The molecule has 122 valence electrons. The van der Waals surface area contributed by atoms with Gasteiger partial charge in [-0.2, -0.15) is 0 Å². The number of likely N-dealkylation sites (tertiary alicyclic amines) is 1. The Bertz CT molecular complexity index is 306. The van der Waals surface area contributed by atoms with Crippen molar-refractivity contribution in [3.63, 3.8) is 0 Å². The first-order valence-corrected chi connectivity index (χ1v) is 8.53. The van der Waals surface area contributed by atoms with E-state index < -0.39 is 0 Å². The molecular weight excluding hydrogens is 268 g/mol. The van der Waals surface area contributed by atoms with Crippen molar-refractivity contribution in [3.8, 4) is 0 Å². The fraction of sp³-hybridized carbons (Fsp3) is 0.938. The smallest absolute Gasteiger partial charge is 0.234 e. The first-order chi connectivity index (χ1) is 10.2. The standard InChI is InChI=1S/C16H30N2O3/c19-14-6-4-10-18(12-14)13-16(20)17-9-5-11-21-15-7-2-1-3-8-15/h14-15,19H,1-13H2,(H,17,20). The van der Waals surface area contributed by atoms with Crippen molar-refractivity contribution < 1.29 is 14.6 Å². The molecule has 0 aromatic heterocycles. The first kappa shape index (κ1) is 16.7. The minimum Gasteiger partial charge on any atom is -0.392 e. The van der Waals surface area contributed by atoms with Crippen LogP contribution in [-0.2, 0) is 9.53 Å². The number of nitrogens with one attached hydrogen (secondary N) is 1. The van der Waals surface area contributed by atoms with Crippen molar-refractivity contribution in [1.29, 1.82) is 0 Å². The summed E-state index contributed by atoms with van der Waals surface area (Å²) in [6.45, 7) is 3.36. The molecule has 0 radical (unpaired) electrons. The highest BCUT2D eigenvalue weighted by atomic mass is 16.5. The molecule has 0 bridgehead atoms. The number of hydrogen-bond donors (Lipinski definition) is 2. The summed E-state index contributed by atoms with van der Waals surface area (Å²) < 4.78 is 5.83. The Balaban J connectivity index is 1.47. The van der Waals surface area contributed by atoms with Gasteiger partial charge in [-0.15, -0.1) is 0 Å². The summed E-state index contributed by atoms with van der Waals surface area (Å²) in [7, 11) is 0. The number of β-amino-alcohol motifs (C(OH)–C–C–N with tert-alkyl or cyclic N) is 1. The minimum atomic E-state index is -0.268. The number of carbonyl (C=O) groups excluding carboxylic acids is 1. The maximum Gasteiger partial charge on any atom is 0.234 e. The van der Waals surface area contributed by atoms with E-state index in [0.717, 1.165) is 32.4 Å². The number of hydrogen-bond acceptors (Lipinski definition) is 4. The van der Waals surface area contributed by atoms with Crippen LogP contribution in [0.4, 0.5) is 0 Å². The van der Waals surface area contributed by atoms with E-state index in [1.165, 1.54) is 32.1 Å². The zero-order valence-corrected chi connectivity index (χ0v) is 13.1. The third-order valence-corrected chi connectivity index (χ3v) is 4.40. The lowest BCUT2D eigenvalue weighted by Crippen LogP contribution is -2.44. The van der Waals surface area contributed by atoms with E-state index in [0.29, 0.717) is 25.7 Å². The van der Waals surface area contributed by atoms with Crippen LogP contribution < -0.4 is 5.32 Å². The molecule has 1 aliphatic carbocycles. The van der Waals surface area contributed by atoms with Crippen LogP contribution in [0.25, 0.3) is 0 Å². The molecule has 21 heavy (non-hydrogen) atoms. The second-order valence-corrected chi connectivity index (χ2v) is 6.37. The maximum atomic E-state index is 11.8. The summed E-state index contributed by atoms with van der Waals surface area (Å²) in [5, 5.41) is 12.5. The van der Waals surface area contributed by atoms with E-state index in [2.05, 4.69) is 5.32 Å². The van der Waals surface area contributed by atoms with Gasteiger partial charge in [-0.1, -0.05) is 19.3 Å². The molecule has 1 heterocycles. The summed E-state index contributed by atoms with van der Waals surface area (Å²) in [6.07, 6.45) is 9.23. The molecule has 2 fully saturated rings. The molecule has 1 saturated heterocycles. The lowest BCUT2D eigenvalue weighted by molar-refractivity contribution is -0.123. The lowest BCUT2D eigenvalue weighted by atomic mass is 9.98. The van der Waals surface area contributed by atoms with E-state index in [4.69, 9.17) is 4.74 Å². The van der Waals surface area contributed by atoms with E-state index >= 15 is 0 Å². The molecule has 2 aliphatic rings. The van der Waals surface area contributed by atoms with Gasteiger partial charge >= 0.3 is 0 Å². The predicted octanol–water partition coefficient (Wildman–Crippen LogP) is 1.30. The summed E-state index contributed by atoms with van der Waals surface area (Å²) >= 11 is 0. The van der Waals surface area contributed by atoms with Crippen molar-refractivity contribution in [2.24, 2.45) is 0 Å². The van der Waals surface area contributed by atoms with Crippen LogP contribution in [0.1, 0.15) is 51.4 Å². The number of piperidine rings is 1. The third kappa shape index (κ3) is 6.76. The number of aliphatic hydroxyl groups excluding tert-OH is 1. The minimum absolute atomic E-state index is 0.0572. The second-order valence-electron chi connectivity index (χ2n) is 6.37.